The number of fused-ring (bicyclic) bond motifs is 1. The van der Waals surface area contributed by atoms with E-state index in [9.17, 15) is 126 Å². The van der Waals surface area contributed by atoms with Gasteiger partial charge < -0.3 is 168 Å². The molecule has 2 unspecified atom stereocenters. The van der Waals surface area contributed by atoms with E-state index >= 15 is 0 Å². The number of amides is 21. The molecule has 32 N–H and O–H groups in total. The van der Waals surface area contributed by atoms with E-state index in [1.165, 1.54) is 38.1 Å². The molecule has 2 aliphatic rings. The minimum Gasteiger partial charge on any atom is -0.508 e. The van der Waals surface area contributed by atoms with E-state index in [1.807, 2.05) is 18.7 Å². The van der Waals surface area contributed by atoms with Crippen molar-refractivity contribution in [2.75, 3.05) is 98.1 Å². The number of aliphatic hydroxyl groups is 3. The highest BCUT2D eigenvalue weighted by atomic mass is 32.2. The molecule has 54 heteroatoms. The third-order valence-electron chi connectivity index (χ3n) is 21.6. The van der Waals surface area contributed by atoms with Gasteiger partial charge >= 0.3 is 12.0 Å². The van der Waals surface area contributed by atoms with Crippen LogP contribution in [0.3, 0.4) is 0 Å². The van der Waals surface area contributed by atoms with Crippen molar-refractivity contribution in [1.29, 1.82) is 0 Å². The predicted molar refractivity (Wildman–Crippen MR) is 497 cm³/mol. The lowest BCUT2D eigenvalue weighted by Crippen LogP contribution is -2.61. The van der Waals surface area contributed by atoms with Gasteiger partial charge in [-0.05, 0) is 117 Å². The second-order valence-electron chi connectivity index (χ2n) is 33.3. The number of aliphatic carboxylic acids is 1. The number of carbonyl (C=O) groups is 21. The molecule has 0 aliphatic carbocycles. The minimum atomic E-state index is -1.98. The number of hydrogen-bond donors (Lipinski definition) is 27. The Kier molecular flexibility index (Phi) is 58.4. The maximum atomic E-state index is 14.5. The molecule has 2 aliphatic heterocycles. The molecule has 1 aromatic rings. The summed E-state index contributed by atoms with van der Waals surface area (Å²) in [4.78, 5) is 277. The normalized spacial score (nSPS) is 16.8. The van der Waals surface area contributed by atoms with Crippen molar-refractivity contribution < 1.29 is 150 Å². The summed E-state index contributed by atoms with van der Waals surface area (Å²) in [6, 6.07) is -16.5. The summed E-state index contributed by atoms with van der Waals surface area (Å²) in [7, 11) is 0. The van der Waals surface area contributed by atoms with Crippen LogP contribution in [0.2, 0.25) is 0 Å². The van der Waals surface area contributed by atoms with Crippen molar-refractivity contribution in [2.45, 2.75) is 278 Å². The molecule has 3 rings (SSSR count). The van der Waals surface area contributed by atoms with E-state index in [2.05, 4.69) is 90.4 Å². The summed E-state index contributed by atoms with van der Waals surface area (Å²) in [5.74, 6) is -20.5. The number of aromatic hydroxyl groups is 1. The number of carbonyl (C=O) groups excluding carboxylic acids is 20. The standard InChI is InChI=1S/C86H142N22O31S/c1-7-8-9-14-53(77(125)96-48(4)74(122)103-59(42-65(90)115)82(130)107-71(50(6)111)84(132)102-57(24-27-69(119)120)78(126)95-46(2)73(91)121)98-81(129)58(41-51-18-20-52(112)21-19-51)97-68(118)43-93-76(124)55(22-25-63(88)113)100-80(128)56(23-26-64(89)114)101-79(127)54(15-12-13-29-87)99-83(131)60(44-109)104-85(133)70(49(5)110)106-75(123)47(3)94-67(117)28-31-135-33-35-137-37-39-139-40-38-138-36-34-136-32-30-92-66(116)17-11-10-16-62-72-61(45-140-62)105-86(134)108-72/h18-21,46-50,53-62,70-72,109-112H,7-17,22-45,87H2,1-6H3,(H2,88,113)(H2,89,114)(H2,90,115)(H2,91,121)(H,92,116)(H,93,124)(H,94,117)(H,95,126)(H,96,125)(H,97,118)(H,98,129)(H,99,131)(H,100,128)(H,101,127)(H,102,132)(H,103,122)(H,104,133)(H,106,123)(H,107,130)(H,119,120)(H2,105,108,134)/t46-,47+,48-,49-,50+,53+,54-,55-,56+,57+,58-,59-,60+,61+,62-,70?,71?,72+/m0/s1. The molecule has 0 bridgehead atoms. The Bertz CT molecular complexity index is 4240. The van der Waals surface area contributed by atoms with Crippen LogP contribution in [0.1, 0.15) is 169 Å². The topological polar surface area (TPSA) is 840 Å². The van der Waals surface area contributed by atoms with Crippen LogP contribution in [0.5, 0.6) is 5.75 Å². The number of unbranched alkanes of at least 4 members (excludes halogenated alkanes) is 4. The molecule has 21 amide bonds. The number of rotatable bonds is 75. The predicted octanol–water partition coefficient (Wildman–Crippen LogP) is -10.1. The number of phenols is 1. The molecule has 140 heavy (non-hydrogen) atoms. The highest BCUT2D eigenvalue weighted by molar-refractivity contribution is 8.00. The first-order valence-corrected chi connectivity index (χ1v) is 47.3. The van der Waals surface area contributed by atoms with Crippen molar-refractivity contribution in [2.24, 2.45) is 28.7 Å². The Labute approximate surface area is 813 Å². The molecule has 0 aromatic heterocycles. The van der Waals surface area contributed by atoms with Crippen LogP contribution in [0.25, 0.3) is 0 Å². The molecule has 2 saturated heterocycles. The number of urea groups is 1. The quantitative estimate of drug-likeness (QED) is 0.0213. The zero-order chi connectivity index (χ0) is 105. The van der Waals surface area contributed by atoms with Crippen molar-refractivity contribution >= 4 is 136 Å². The first-order valence-electron chi connectivity index (χ1n) is 46.2. The molecule has 0 saturated carbocycles. The summed E-state index contributed by atoms with van der Waals surface area (Å²) < 4.78 is 27.5. The van der Waals surface area contributed by atoms with E-state index in [0.29, 0.717) is 69.7 Å². The number of phenolic OH excluding ortho intramolecular Hbond substituents is 1. The number of primary amides is 4. The van der Waals surface area contributed by atoms with Crippen LogP contribution in [0.15, 0.2) is 24.3 Å². The van der Waals surface area contributed by atoms with Gasteiger partial charge in [0.05, 0.1) is 110 Å². The maximum Gasteiger partial charge on any atom is 0.315 e. The van der Waals surface area contributed by atoms with Gasteiger partial charge in [-0.25, -0.2) is 4.79 Å². The smallest absolute Gasteiger partial charge is 0.315 e. The lowest BCUT2D eigenvalue weighted by molar-refractivity contribution is -0.139. The molecular formula is C86H142N22O31S. The van der Waals surface area contributed by atoms with Gasteiger partial charge in [0.25, 0.3) is 0 Å². The molecule has 53 nitrogen and oxygen atoms in total. The van der Waals surface area contributed by atoms with Crippen LogP contribution in [0, 0.1) is 0 Å². The fraction of sp³-hybridized carbons (Fsp3) is 0.686. The molecule has 18 atom stereocenters. The monoisotopic (exact) mass is 2010 g/mol. The largest absolute Gasteiger partial charge is 0.508 e. The SMILES string of the molecule is CCCCC[C@@H](NC(=O)[C@H](Cc1ccc(O)cc1)NC(=O)CNC(=O)[C@H](CCC(N)=O)NC(=O)[C@@H](CCC(N)=O)NC(=O)[C@H](CCCCN)NC(=O)[C@@H](CO)NC(=O)C(NC(=O)[C@@H](C)NC(=O)CCOCCOCCOCCOCCOCCNC(=O)CCCC[C@@H]1SC[C@H]2NC(=O)N[C@@H]12)[C@H](C)O)C(=O)N[C@@H](C)C(=O)N[C@@H](CC(N)=O)C(=O)NC(C(=O)N[C@H](CCC(=O)O)C(=O)N[C@@H](C)C(N)=O)[C@@H](C)O. The van der Waals surface area contributed by atoms with Gasteiger partial charge in [0.1, 0.15) is 84.3 Å². The fourth-order valence-electron chi connectivity index (χ4n) is 13.7. The molecule has 1 aromatic carbocycles. The van der Waals surface area contributed by atoms with Crippen LogP contribution in [-0.4, -0.2) is 356 Å². The van der Waals surface area contributed by atoms with Crippen LogP contribution < -0.4 is 119 Å². The zero-order valence-corrected chi connectivity index (χ0v) is 80.4. The molecule has 0 radical (unpaired) electrons. The van der Waals surface area contributed by atoms with Crippen LogP contribution >= 0.6 is 11.8 Å². The summed E-state index contributed by atoms with van der Waals surface area (Å²) in [5.41, 5.74) is 27.6. The molecule has 2 fully saturated rings. The Hall–Kier alpha value is -12.3. The average molecular weight is 2010 g/mol. The fourth-order valence-corrected chi connectivity index (χ4v) is 15.2. The van der Waals surface area contributed by atoms with E-state index in [1.54, 1.807) is 0 Å². The summed E-state index contributed by atoms with van der Waals surface area (Å²) >= 11 is 1.85. The Morgan fingerprint density at radius 2 is 0.857 bits per heavy atom. The number of thioether (sulfide) groups is 1. The number of hydrogen-bond acceptors (Lipinski definition) is 32. The maximum absolute atomic E-state index is 14.5. The van der Waals surface area contributed by atoms with Gasteiger partial charge in [0, 0.05) is 56.1 Å². The lowest BCUT2D eigenvalue weighted by Gasteiger charge is -2.27. The van der Waals surface area contributed by atoms with Crippen molar-refractivity contribution in [3.05, 3.63) is 29.8 Å². The number of carboxylic acid groups (broad SMARTS) is 1. The molecule has 0 spiro atoms. The highest BCUT2D eigenvalue weighted by Crippen LogP contribution is 2.33. The number of carboxylic acids is 1. The Morgan fingerprint density at radius 3 is 1.36 bits per heavy atom. The van der Waals surface area contributed by atoms with E-state index in [-0.39, 0.29) is 114 Å². The zero-order valence-electron chi connectivity index (χ0n) is 79.6. The van der Waals surface area contributed by atoms with Gasteiger partial charge in [0.15, 0.2) is 0 Å². The third kappa shape index (κ3) is 49.5. The van der Waals surface area contributed by atoms with Crippen LogP contribution in [0.4, 0.5) is 4.79 Å². The first kappa shape index (κ1) is 122. The minimum absolute atomic E-state index is 0.0421. The lowest BCUT2D eigenvalue weighted by atomic mass is 10.0. The van der Waals surface area contributed by atoms with Crippen LogP contribution in [-0.2, 0) is 126 Å². The van der Waals surface area contributed by atoms with Gasteiger partial charge in [-0.1, -0.05) is 44.7 Å². The van der Waals surface area contributed by atoms with Crippen molar-refractivity contribution in [1.82, 2.24) is 90.4 Å². The average Bonchev–Trinajstić information content (AvgIpc) is 1.66. The number of nitrogens with one attached hydrogen (secondary N) is 17. The Morgan fingerprint density at radius 1 is 0.421 bits per heavy atom. The molecular weight excluding hydrogens is 1870 g/mol. The Balaban J connectivity index is 1.61. The number of ether oxygens (including phenoxy) is 5. The number of benzene rings is 1. The van der Waals surface area contributed by atoms with Crippen molar-refractivity contribution in [3.63, 3.8) is 0 Å². The van der Waals surface area contributed by atoms with Gasteiger partial charge in [-0.3, -0.25) is 95.9 Å². The summed E-state index contributed by atoms with van der Waals surface area (Å²) in [5, 5.41) is 92.6. The van der Waals surface area contributed by atoms with Crippen molar-refractivity contribution in [3.8, 4) is 5.75 Å². The van der Waals surface area contributed by atoms with E-state index < -0.39 is 261 Å². The highest BCUT2D eigenvalue weighted by Gasteiger charge is 2.44. The number of nitrogens with two attached hydrogens (primary N) is 5. The summed E-state index contributed by atoms with van der Waals surface area (Å²) in [6.07, 6.45) is -4.22. The first-order chi connectivity index (χ1) is 66.4. The number of aliphatic hydroxyl groups excluding tert-OH is 3. The second kappa shape index (κ2) is 67.1. The molecule has 788 valence electrons. The van der Waals surface area contributed by atoms with E-state index in [0.717, 1.165) is 45.8 Å². The molecule has 2 heterocycles. The third-order valence-corrected chi connectivity index (χ3v) is 23.1. The van der Waals surface area contributed by atoms with Gasteiger partial charge in [-0.15, -0.1) is 0 Å². The second-order valence-corrected chi connectivity index (χ2v) is 34.6. The van der Waals surface area contributed by atoms with E-state index in [4.69, 9.17) is 52.4 Å². The van der Waals surface area contributed by atoms with Gasteiger partial charge in [0.2, 0.25) is 112 Å². The van der Waals surface area contributed by atoms with Gasteiger partial charge in [-0.2, -0.15) is 11.8 Å². The summed E-state index contributed by atoms with van der Waals surface area (Å²) in [6.45, 7) is 8.16.